The van der Waals surface area contributed by atoms with Crippen LogP contribution in [-0.2, 0) is 0 Å². The van der Waals surface area contributed by atoms with Crippen LogP contribution in [0.4, 0.5) is 0 Å². The molecule has 3 heteroatoms. The molecule has 2 N–H and O–H groups in total. The first kappa shape index (κ1) is 9.40. The Morgan fingerprint density at radius 2 is 2.13 bits per heavy atom. The Morgan fingerprint density at radius 1 is 1.20 bits per heavy atom. The summed E-state index contributed by atoms with van der Waals surface area (Å²) < 4.78 is 0. The van der Waals surface area contributed by atoms with Gasteiger partial charge < -0.3 is 10.6 Å². The lowest BCUT2D eigenvalue weighted by atomic mass is 9.78. The van der Waals surface area contributed by atoms with Crippen molar-refractivity contribution >= 4 is 6.21 Å². The van der Waals surface area contributed by atoms with Crippen LogP contribution in [0.1, 0.15) is 38.5 Å². The normalized spacial score (nSPS) is 43.7. The molecule has 0 aromatic rings. The van der Waals surface area contributed by atoms with E-state index in [-0.39, 0.29) is 5.54 Å². The number of hydrogen-bond donors (Lipinski definition) is 1. The van der Waals surface area contributed by atoms with Gasteiger partial charge in [-0.05, 0) is 38.5 Å². The lowest BCUT2D eigenvalue weighted by molar-refractivity contribution is 0.119. The highest BCUT2D eigenvalue weighted by Gasteiger charge is 2.51. The van der Waals surface area contributed by atoms with Crippen molar-refractivity contribution in [2.45, 2.75) is 49.6 Å². The summed E-state index contributed by atoms with van der Waals surface area (Å²) in [5, 5.41) is 0. The maximum absolute atomic E-state index is 6.41. The topological polar surface area (TPSA) is 41.6 Å². The zero-order valence-corrected chi connectivity index (χ0v) is 9.15. The number of fused-ring (bicyclic) bond motifs is 2. The van der Waals surface area contributed by atoms with E-state index in [9.17, 15) is 0 Å². The molecule has 2 aliphatic carbocycles. The van der Waals surface area contributed by atoms with Crippen LogP contribution >= 0.6 is 0 Å². The van der Waals surface area contributed by atoms with E-state index in [1.165, 1.54) is 38.5 Å². The minimum absolute atomic E-state index is 0.140. The van der Waals surface area contributed by atoms with Crippen LogP contribution in [0.15, 0.2) is 17.4 Å². The second-order valence-corrected chi connectivity index (χ2v) is 5.40. The van der Waals surface area contributed by atoms with Gasteiger partial charge in [-0.15, -0.1) is 0 Å². The van der Waals surface area contributed by atoms with Crippen LogP contribution in [0, 0.1) is 0 Å². The van der Waals surface area contributed by atoms with Gasteiger partial charge in [-0.2, -0.15) is 0 Å². The van der Waals surface area contributed by atoms with E-state index in [1.807, 2.05) is 12.4 Å². The first-order valence-electron chi connectivity index (χ1n) is 5.97. The van der Waals surface area contributed by atoms with Crippen LogP contribution in [-0.4, -0.2) is 28.7 Å². The maximum atomic E-state index is 6.41. The predicted molar refractivity (Wildman–Crippen MR) is 61.7 cm³/mol. The van der Waals surface area contributed by atoms with Crippen molar-refractivity contribution in [1.82, 2.24) is 4.90 Å². The molecule has 1 aliphatic heterocycles. The largest absolute Gasteiger partial charge is 0.365 e. The highest BCUT2D eigenvalue weighted by Crippen LogP contribution is 2.49. The molecule has 0 saturated heterocycles. The molecule has 0 spiro atoms. The number of rotatable bonds is 1. The maximum Gasteiger partial charge on any atom is 0.0533 e. The lowest BCUT2D eigenvalue weighted by Crippen LogP contribution is -2.51. The van der Waals surface area contributed by atoms with E-state index < -0.39 is 0 Å². The molecule has 3 rings (SSSR count). The van der Waals surface area contributed by atoms with Gasteiger partial charge >= 0.3 is 0 Å². The Balaban J connectivity index is 1.85. The first-order chi connectivity index (χ1) is 7.23. The number of nitrogens with zero attached hydrogens (tertiary/aromatic N) is 2. The predicted octanol–water partition coefficient (Wildman–Crippen LogP) is 1.65. The standard InChI is InChI=1S/C12H19N3/c13-11-2-1-3-12(10-11,5-4-11)15-8-6-14-7-9-15/h6-8H,1-5,9-10,13H2. The van der Waals surface area contributed by atoms with Crippen molar-refractivity contribution in [3.8, 4) is 0 Å². The van der Waals surface area contributed by atoms with Crippen LogP contribution in [0.25, 0.3) is 0 Å². The monoisotopic (exact) mass is 205 g/mol. The fourth-order valence-electron chi connectivity index (χ4n) is 3.63. The van der Waals surface area contributed by atoms with E-state index in [4.69, 9.17) is 5.73 Å². The van der Waals surface area contributed by atoms with E-state index in [1.54, 1.807) is 0 Å². The average molecular weight is 205 g/mol. The van der Waals surface area contributed by atoms with Gasteiger partial charge in [0.2, 0.25) is 0 Å². The summed E-state index contributed by atoms with van der Waals surface area (Å²) in [6.45, 7) is 0.965. The van der Waals surface area contributed by atoms with Crippen molar-refractivity contribution in [2.75, 3.05) is 6.54 Å². The Kier molecular flexibility index (Phi) is 1.93. The van der Waals surface area contributed by atoms with E-state index in [0.29, 0.717) is 5.54 Å². The first-order valence-corrected chi connectivity index (χ1v) is 5.97. The van der Waals surface area contributed by atoms with Gasteiger partial charge in [-0.25, -0.2) is 0 Å². The number of aliphatic imine (C=N–C) groups is 1. The lowest BCUT2D eigenvalue weighted by Gasteiger charge is -2.45. The molecule has 2 bridgehead atoms. The molecule has 0 aromatic carbocycles. The summed E-state index contributed by atoms with van der Waals surface area (Å²) in [6, 6.07) is 0. The molecule has 2 atom stereocenters. The quantitative estimate of drug-likeness (QED) is 0.707. The molecule has 0 amide bonds. The Hall–Kier alpha value is -0.830. The fraction of sp³-hybridized carbons (Fsp3) is 0.750. The second-order valence-electron chi connectivity index (χ2n) is 5.40. The number of nitrogens with two attached hydrogens (primary N) is 1. The molecule has 3 nitrogen and oxygen atoms in total. The molecule has 0 radical (unpaired) electrons. The van der Waals surface area contributed by atoms with E-state index in [0.717, 1.165) is 6.54 Å². The van der Waals surface area contributed by atoms with Crippen LogP contribution < -0.4 is 5.73 Å². The van der Waals surface area contributed by atoms with Crippen LogP contribution in [0.5, 0.6) is 0 Å². The highest BCUT2D eigenvalue weighted by molar-refractivity contribution is 5.62. The SMILES string of the molecule is NC12CCCC(N3C=CN=CC3)(CC1)C2. The highest BCUT2D eigenvalue weighted by atomic mass is 15.2. The molecular weight excluding hydrogens is 186 g/mol. The Morgan fingerprint density at radius 3 is 2.93 bits per heavy atom. The van der Waals surface area contributed by atoms with Crippen molar-refractivity contribution in [1.29, 1.82) is 0 Å². The van der Waals surface area contributed by atoms with Gasteiger partial charge in [0.05, 0.1) is 6.54 Å². The smallest absolute Gasteiger partial charge is 0.0533 e. The summed E-state index contributed by atoms with van der Waals surface area (Å²) in [6.07, 6.45) is 13.5. The van der Waals surface area contributed by atoms with Gasteiger partial charge in [0.25, 0.3) is 0 Å². The molecular formula is C12H19N3. The molecule has 2 saturated carbocycles. The molecule has 2 unspecified atom stereocenters. The zero-order valence-electron chi connectivity index (χ0n) is 9.15. The molecule has 15 heavy (non-hydrogen) atoms. The molecule has 2 fully saturated rings. The Bertz CT molecular complexity index is 323. The van der Waals surface area contributed by atoms with Gasteiger partial charge in [0.15, 0.2) is 0 Å². The van der Waals surface area contributed by atoms with Crippen molar-refractivity contribution in [2.24, 2.45) is 10.7 Å². The van der Waals surface area contributed by atoms with Gasteiger partial charge in [-0.3, -0.25) is 4.99 Å². The third kappa shape index (κ3) is 1.41. The minimum atomic E-state index is 0.140. The van der Waals surface area contributed by atoms with Crippen molar-refractivity contribution in [3.63, 3.8) is 0 Å². The van der Waals surface area contributed by atoms with Crippen molar-refractivity contribution in [3.05, 3.63) is 12.4 Å². The summed E-state index contributed by atoms with van der Waals surface area (Å²) in [7, 11) is 0. The summed E-state index contributed by atoms with van der Waals surface area (Å²) in [5.74, 6) is 0. The molecule has 82 valence electrons. The molecule has 0 aromatic heterocycles. The fourth-order valence-corrected chi connectivity index (χ4v) is 3.63. The zero-order chi connectivity index (χ0) is 10.4. The summed E-state index contributed by atoms with van der Waals surface area (Å²) in [5.41, 5.74) is 6.90. The number of hydrogen-bond acceptors (Lipinski definition) is 3. The second kappa shape index (κ2) is 3.08. The third-order valence-electron chi connectivity index (χ3n) is 4.41. The third-order valence-corrected chi connectivity index (χ3v) is 4.41. The van der Waals surface area contributed by atoms with Gasteiger partial charge in [0.1, 0.15) is 0 Å². The van der Waals surface area contributed by atoms with E-state index >= 15 is 0 Å². The summed E-state index contributed by atoms with van der Waals surface area (Å²) in [4.78, 5) is 6.61. The van der Waals surface area contributed by atoms with Gasteiger partial charge in [-0.1, -0.05) is 0 Å². The Labute approximate surface area is 91.0 Å². The van der Waals surface area contributed by atoms with Crippen LogP contribution in [0.3, 0.4) is 0 Å². The van der Waals surface area contributed by atoms with Crippen molar-refractivity contribution < 1.29 is 0 Å². The van der Waals surface area contributed by atoms with Gasteiger partial charge in [0, 0.05) is 29.7 Å². The van der Waals surface area contributed by atoms with E-state index in [2.05, 4.69) is 16.1 Å². The average Bonchev–Trinajstić information content (AvgIpc) is 2.52. The molecule has 1 heterocycles. The molecule has 3 aliphatic rings. The summed E-state index contributed by atoms with van der Waals surface area (Å²) >= 11 is 0. The minimum Gasteiger partial charge on any atom is -0.365 e. The van der Waals surface area contributed by atoms with Crippen LogP contribution in [0.2, 0.25) is 0 Å².